The maximum Gasteiger partial charge on any atom is 0.455 e. The van der Waals surface area contributed by atoms with Gasteiger partial charge in [0.15, 0.2) is 0 Å². The molecule has 4 rings (SSSR count). The monoisotopic (exact) mass is 624 g/mol. The predicted molar refractivity (Wildman–Crippen MR) is 158 cm³/mol. The van der Waals surface area contributed by atoms with Crippen molar-refractivity contribution in [2.24, 2.45) is 11.8 Å². The zero-order valence-corrected chi connectivity index (χ0v) is 25.4. The van der Waals surface area contributed by atoms with Gasteiger partial charge in [0.05, 0.1) is 25.1 Å². The number of rotatable bonds is 13. The van der Waals surface area contributed by atoms with Gasteiger partial charge < -0.3 is 19.6 Å². The Morgan fingerprint density at radius 2 is 1.70 bits per heavy atom. The summed E-state index contributed by atoms with van der Waals surface area (Å²) in [6.07, 6.45) is -1.48. The Kier molecular flexibility index (Phi) is 10.5. The number of alkyl halides is 5. The molecule has 1 saturated heterocycles. The first-order valence-electron chi connectivity index (χ1n) is 15.3. The van der Waals surface area contributed by atoms with E-state index in [1.807, 2.05) is 42.2 Å². The summed E-state index contributed by atoms with van der Waals surface area (Å²) in [7, 11) is 0. The van der Waals surface area contributed by atoms with Gasteiger partial charge in [0, 0.05) is 24.8 Å². The van der Waals surface area contributed by atoms with Crippen molar-refractivity contribution in [1.82, 2.24) is 4.90 Å². The average Bonchev–Trinajstić information content (AvgIpc) is 3.82. The summed E-state index contributed by atoms with van der Waals surface area (Å²) >= 11 is 0. The van der Waals surface area contributed by atoms with Crippen LogP contribution in [-0.4, -0.2) is 66.3 Å². The largest absolute Gasteiger partial charge is 0.493 e. The molecule has 0 radical (unpaired) electrons. The van der Waals surface area contributed by atoms with Gasteiger partial charge in [-0.1, -0.05) is 25.1 Å². The summed E-state index contributed by atoms with van der Waals surface area (Å²) < 4.78 is 73.2. The molecule has 0 aromatic heterocycles. The highest BCUT2D eigenvalue weighted by Gasteiger charge is 2.58. The smallest absolute Gasteiger partial charge is 0.455 e. The van der Waals surface area contributed by atoms with E-state index in [0.717, 1.165) is 36.8 Å². The van der Waals surface area contributed by atoms with E-state index >= 15 is 0 Å². The molecule has 1 atom stereocenters. The first-order chi connectivity index (χ1) is 20.7. The van der Waals surface area contributed by atoms with E-state index in [9.17, 15) is 36.6 Å². The standard InChI is InChI=1S/C33H41F5N2O4/c1-4-22-8-11-27(31(43)40(21(2)3)20-32(34,35)33(36,37)38)29(16-22)39-14-12-23(13-15-39)19-44-26-7-5-6-25(17-26)28(18-30(41)42)24-9-10-24/h5-8,11,16-17,21,23-24,28H,4,9-10,12-15,18-20H2,1-3H3,(H,41,42). The Balaban J connectivity index is 1.43. The van der Waals surface area contributed by atoms with Crippen molar-refractivity contribution in [2.75, 3.05) is 31.1 Å². The van der Waals surface area contributed by atoms with Crippen molar-refractivity contribution >= 4 is 17.6 Å². The van der Waals surface area contributed by atoms with Crippen LogP contribution in [0.2, 0.25) is 0 Å². The fourth-order valence-corrected chi connectivity index (χ4v) is 5.82. The molecule has 0 bridgehead atoms. The highest BCUT2D eigenvalue weighted by Crippen LogP contribution is 2.45. The van der Waals surface area contributed by atoms with Crippen molar-refractivity contribution in [3.63, 3.8) is 0 Å². The average molecular weight is 625 g/mol. The molecule has 1 unspecified atom stereocenters. The van der Waals surface area contributed by atoms with Crippen molar-refractivity contribution in [2.45, 2.75) is 83.4 Å². The molecule has 1 N–H and O–H groups in total. The number of nitrogens with zero attached hydrogens (tertiary/aromatic N) is 2. The maximum atomic E-state index is 14.0. The van der Waals surface area contributed by atoms with Crippen molar-refractivity contribution in [1.29, 1.82) is 0 Å². The number of anilines is 1. The van der Waals surface area contributed by atoms with E-state index in [1.54, 1.807) is 6.07 Å². The summed E-state index contributed by atoms with van der Waals surface area (Å²) in [6.45, 7) is 4.61. The topological polar surface area (TPSA) is 70.1 Å². The molecular weight excluding hydrogens is 583 g/mol. The molecule has 1 aliphatic heterocycles. The van der Waals surface area contributed by atoms with E-state index in [4.69, 9.17) is 4.74 Å². The molecule has 1 saturated carbocycles. The first-order valence-corrected chi connectivity index (χ1v) is 15.3. The van der Waals surface area contributed by atoms with E-state index in [0.29, 0.717) is 48.4 Å². The molecule has 44 heavy (non-hydrogen) atoms. The number of hydrogen-bond donors (Lipinski definition) is 1. The minimum atomic E-state index is -5.77. The second-order valence-corrected chi connectivity index (χ2v) is 12.3. The van der Waals surface area contributed by atoms with E-state index in [1.165, 1.54) is 19.9 Å². The third kappa shape index (κ3) is 8.21. The van der Waals surface area contributed by atoms with Crippen LogP contribution < -0.4 is 9.64 Å². The SMILES string of the molecule is CCc1ccc(C(=O)N(CC(F)(F)C(F)(F)F)C(C)C)c(N2CCC(COc3cccc(C(CC(=O)O)C4CC4)c3)CC2)c1. The van der Waals surface area contributed by atoms with E-state index in [-0.39, 0.29) is 23.8 Å². The lowest BCUT2D eigenvalue weighted by Crippen LogP contribution is -2.51. The van der Waals surface area contributed by atoms with Crippen LogP contribution in [-0.2, 0) is 11.2 Å². The zero-order chi connectivity index (χ0) is 32.2. The second-order valence-electron chi connectivity index (χ2n) is 12.3. The van der Waals surface area contributed by atoms with Gasteiger partial charge in [-0.15, -0.1) is 0 Å². The fourth-order valence-electron chi connectivity index (χ4n) is 5.82. The van der Waals surface area contributed by atoms with Gasteiger partial charge in [-0.3, -0.25) is 9.59 Å². The van der Waals surface area contributed by atoms with Gasteiger partial charge in [-0.05, 0) is 99.1 Å². The number of ether oxygens (including phenoxy) is 1. The summed E-state index contributed by atoms with van der Waals surface area (Å²) in [6, 6.07) is 11.8. The maximum absolute atomic E-state index is 14.0. The highest BCUT2D eigenvalue weighted by molar-refractivity contribution is 6.00. The third-order valence-corrected chi connectivity index (χ3v) is 8.68. The van der Waals surface area contributed by atoms with Gasteiger partial charge in [0.1, 0.15) is 5.75 Å². The first kappa shape index (κ1) is 33.5. The van der Waals surface area contributed by atoms with Gasteiger partial charge in [-0.25, -0.2) is 0 Å². The van der Waals surface area contributed by atoms with Gasteiger partial charge in [-0.2, -0.15) is 22.0 Å². The molecule has 2 aromatic carbocycles. The number of carboxylic acid groups (broad SMARTS) is 1. The quantitative estimate of drug-likeness (QED) is 0.233. The lowest BCUT2D eigenvalue weighted by atomic mass is 9.91. The van der Waals surface area contributed by atoms with Crippen LogP contribution in [0.4, 0.5) is 27.6 Å². The Labute approximate surface area is 255 Å². The molecule has 1 heterocycles. The van der Waals surface area contributed by atoms with Crippen LogP contribution in [0.1, 0.15) is 80.3 Å². The van der Waals surface area contributed by atoms with Crippen LogP contribution in [0.5, 0.6) is 5.75 Å². The zero-order valence-electron chi connectivity index (χ0n) is 25.4. The van der Waals surface area contributed by atoms with Crippen LogP contribution in [0.3, 0.4) is 0 Å². The second kappa shape index (κ2) is 13.7. The highest BCUT2D eigenvalue weighted by atomic mass is 19.4. The van der Waals surface area contributed by atoms with Crippen LogP contribution in [0.25, 0.3) is 0 Å². The number of hydrogen-bond acceptors (Lipinski definition) is 4. The number of aliphatic carboxylic acids is 1. The lowest BCUT2D eigenvalue weighted by molar-refractivity contribution is -0.285. The molecule has 11 heteroatoms. The van der Waals surface area contributed by atoms with Gasteiger partial charge in [0.25, 0.3) is 5.91 Å². The molecule has 1 amide bonds. The Morgan fingerprint density at radius 3 is 2.27 bits per heavy atom. The van der Waals surface area contributed by atoms with Crippen molar-refractivity contribution in [3.05, 3.63) is 59.2 Å². The van der Waals surface area contributed by atoms with Crippen molar-refractivity contribution < 1.29 is 41.4 Å². The molecule has 242 valence electrons. The third-order valence-electron chi connectivity index (χ3n) is 8.68. The van der Waals surface area contributed by atoms with Gasteiger partial charge >= 0.3 is 18.1 Å². The van der Waals surface area contributed by atoms with E-state index < -0.39 is 36.6 Å². The summed E-state index contributed by atoms with van der Waals surface area (Å²) in [5.74, 6) is -5.45. The molecule has 2 aromatic rings. The Morgan fingerprint density at radius 1 is 1.02 bits per heavy atom. The summed E-state index contributed by atoms with van der Waals surface area (Å²) in [4.78, 5) is 27.5. The molecule has 2 aliphatic rings. The number of carbonyl (C=O) groups excluding carboxylic acids is 1. The number of benzene rings is 2. The molecule has 6 nitrogen and oxygen atoms in total. The van der Waals surface area contributed by atoms with Gasteiger partial charge in [0.2, 0.25) is 0 Å². The van der Waals surface area contributed by atoms with Crippen molar-refractivity contribution in [3.8, 4) is 5.75 Å². The Bertz CT molecular complexity index is 1300. The van der Waals surface area contributed by atoms with Crippen LogP contribution in [0.15, 0.2) is 42.5 Å². The number of amides is 1. The Hall–Kier alpha value is -3.37. The fraction of sp³-hybridized carbons (Fsp3) is 0.576. The number of piperidine rings is 1. The molecule has 0 spiro atoms. The normalized spacial score (nSPS) is 17.1. The summed E-state index contributed by atoms with van der Waals surface area (Å²) in [5.41, 5.74) is 2.53. The van der Waals surface area contributed by atoms with Crippen LogP contribution in [0, 0.1) is 11.8 Å². The molecular formula is C33H41F5N2O4. The minimum Gasteiger partial charge on any atom is -0.493 e. The van der Waals surface area contributed by atoms with E-state index in [2.05, 4.69) is 0 Å². The number of aryl methyl sites for hydroxylation is 1. The molecule has 1 aliphatic carbocycles. The number of halogens is 5. The van der Waals surface area contributed by atoms with Crippen LogP contribution >= 0.6 is 0 Å². The summed E-state index contributed by atoms with van der Waals surface area (Å²) in [5, 5.41) is 9.34. The predicted octanol–water partition coefficient (Wildman–Crippen LogP) is 7.56. The molecule has 2 fully saturated rings. The minimum absolute atomic E-state index is 0.0265. The number of carboxylic acids is 1. The lowest BCUT2D eigenvalue weighted by Gasteiger charge is -2.36. The number of carbonyl (C=O) groups is 2.